The van der Waals surface area contributed by atoms with Crippen molar-refractivity contribution in [3.63, 3.8) is 0 Å². The fraction of sp³-hybridized carbons (Fsp3) is 0.588. The van der Waals surface area contributed by atoms with E-state index < -0.39 is 5.54 Å². The van der Waals surface area contributed by atoms with Gasteiger partial charge in [0.25, 0.3) is 0 Å². The van der Waals surface area contributed by atoms with E-state index in [1.807, 2.05) is 6.07 Å². The molecule has 0 saturated carbocycles. The van der Waals surface area contributed by atoms with Gasteiger partial charge in [0.2, 0.25) is 5.91 Å². The van der Waals surface area contributed by atoms with Gasteiger partial charge in [0.15, 0.2) is 0 Å². The number of primary amides is 1. The number of rotatable bonds is 6. The fourth-order valence-corrected chi connectivity index (χ4v) is 2.84. The number of likely N-dealkylation sites (tertiary alicyclic amines) is 1. The Bertz CT molecular complexity index is 450. The molecule has 116 valence electrons. The van der Waals surface area contributed by atoms with E-state index >= 15 is 0 Å². The summed E-state index contributed by atoms with van der Waals surface area (Å²) in [5.74, 6) is 0.311. The number of nitrogens with zero attached hydrogens (tertiary/aromatic N) is 1. The zero-order valence-corrected chi connectivity index (χ0v) is 13.1. The maximum absolute atomic E-state index is 11.9. The van der Waals surface area contributed by atoms with Crippen molar-refractivity contribution >= 4 is 5.91 Å². The highest BCUT2D eigenvalue weighted by atomic mass is 16.1. The molecule has 1 aliphatic heterocycles. The van der Waals surface area contributed by atoms with Gasteiger partial charge in [-0.05, 0) is 30.9 Å². The van der Waals surface area contributed by atoms with Crippen LogP contribution in [-0.4, -0.2) is 36.0 Å². The second-order valence-electron chi connectivity index (χ2n) is 6.48. The largest absolute Gasteiger partial charge is 0.368 e. The van der Waals surface area contributed by atoms with Crippen molar-refractivity contribution in [2.45, 2.75) is 38.8 Å². The molecule has 0 aliphatic carbocycles. The second kappa shape index (κ2) is 7.05. The molecule has 0 radical (unpaired) electrons. The molecule has 0 atom stereocenters. The number of piperidine rings is 1. The molecule has 0 aromatic heterocycles. The Morgan fingerprint density at radius 3 is 2.43 bits per heavy atom. The van der Waals surface area contributed by atoms with Gasteiger partial charge in [-0.15, -0.1) is 0 Å². The van der Waals surface area contributed by atoms with Crippen molar-refractivity contribution in [3.05, 3.63) is 35.9 Å². The van der Waals surface area contributed by atoms with E-state index in [0.29, 0.717) is 5.92 Å². The van der Waals surface area contributed by atoms with Crippen molar-refractivity contribution in [2.24, 2.45) is 11.7 Å². The normalized spacial score (nSPS) is 18.8. The summed E-state index contributed by atoms with van der Waals surface area (Å²) in [7, 11) is 0. The number of hydrogen-bond acceptors (Lipinski definition) is 3. The van der Waals surface area contributed by atoms with Gasteiger partial charge >= 0.3 is 0 Å². The van der Waals surface area contributed by atoms with E-state index in [1.165, 1.54) is 5.56 Å². The van der Waals surface area contributed by atoms with Gasteiger partial charge in [0.05, 0.1) is 0 Å². The van der Waals surface area contributed by atoms with Crippen LogP contribution in [-0.2, 0) is 11.3 Å². The highest BCUT2D eigenvalue weighted by molar-refractivity contribution is 5.84. The molecule has 21 heavy (non-hydrogen) atoms. The second-order valence-corrected chi connectivity index (χ2v) is 6.48. The first-order valence-electron chi connectivity index (χ1n) is 7.83. The van der Waals surface area contributed by atoms with E-state index in [0.717, 1.165) is 39.0 Å². The van der Waals surface area contributed by atoms with Crippen LogP contribution in [0, 0.1) is 5.92 Å². The van der Waals surface area contributed by atoms with Crippen LogP contribution < -0.4 is 11.1 Å². The van der Waals surface area contributed by atoms with E-state index in [4.69, 9.17) is 5.73 Å². The Balaban J connectivity index is 1.91. The average molecular weight is 289 g/mol. The average Bonchev–Trinajstić information content (AvgIpc) is 2.47. The topological polar surface area (TPSA) is 58.4 Å². The standard InChI is InChI=1S/C17H27N3O/c1-14(2)12-19-17(16(18)21)8-10-20(11-9-17)13-15-6-4-3-5-7-15/h3-7,14,19H,8-13H2,1-2H3,(H2,18,21). The minimum Gasteiger partial charge on any atom is -0.368 e. The highest BCUT2D eigenvalue weighted by Crippen LogP contribution is 2.23. The summed E-state index contributed by atoms with van der Waals surface area (Å²) < 4.78 is 0. The summed E-state index contributed by atoms with van der Waals surface area (Å²) in [5.41, 5.74) is 6.47. The van der Waals surface area contributed by atoms with Crippen LogP contribution in [0.15, 0.2) is 30.3 Å². The van der Waals surface area contributed by atoms with Crippen molar-refractivity contribution in [2.75, 3.05) is 19.6 Å². The smallest absolute Gasteiger partial charge is 0.237 e. The summed E-state index contributed by atoms with van der Waals surface area (Å²) >= 11 is 0. The number of nitrogens with two attached hydrogens (primary N) is 1. The molecule has 1 aromatic carbocycles. The molecule has 1 aliphatic rings. The van der Waals surface area contributed by atoms with Crippen LogP contribution >= 0.6 is 0 Å². The molecule has 1 saturated heterocycles. The summed E-state index contributed by atoms with van der Waals surface area (Å²) in [5, 5.41) is 3.42. The predicted molar refractivity (Wildman–Crippen MR) is 85.7 cm³/mol. The van der Waals surface area contributed by atoms with Crippen molar-refractivity contribution in [3.8, 4) is 0 Å². The number of amides is 1. The Morgan fingerprint density at radius 1 is 1.29 bits per heavy atom. The lowest BCUT2D eigenvalue weighted by Crippen LogP contribution is -2.61. The SMILES string of the molecule is CC(C)CNC1(C(N)=O)CCN(Cc2ccccc2)CC1. The molecule has 1 amide bonds. The van der Waals surface area contributed by atoms with Crippen LogP contribution in [0.2, 0.25) is 0 Å². The number of carbonyl (C=O) groups is 1. The van der Waals surface area contributed by atoms with Crippen LogP contribution in [0.3, 0.4) is 0 Å². The zero-order chi connectivity index (χ0) is 15.3. The van der Waals surface area contributed by atoms with E-state index in [9.17, 15) is 4.79 Å². The molecule has 3 N–H and O–H groups in total. The lowest BCUT2D eigenvalue weighted by Gasteiger charge is -2.40. The minimum atomic E-state index is -0.516. The van der Waals surface area contributed by atoms with Crippen molar-refractivity contribution in [1.29, 1.82) is 0 Å². The van der Waals surface area contributed by atoms with Gasteiger partial charge in [-0.1, -0.05) is 44.2 Å². The molecule has 1 aromatic rings. The first-order chi connectivity index (χ1) is 10.0. The zero-order valence-electron chi connectivity index (χ0n) is 13.1. The van der Waals surface area contributed by atoms with Gasteiger partial charge in [-0.25, -0.2) is 0 Å². The molecule has 4 nitrogen and oxygen atoms in total. The van der Waals surface area contributed by atoms with Crippen LogP contribution in [0.25, 0.3) is 0 Å². The summed E-state index contributed by atoms with van der Waals surface area (Å²) in [4.78, 5) is 14.3. The lowest BCUT2D eigenvalue weighted by atomic mass is 9.86. The van der Waals surface area contributed by atoms with E-state index in [-0.39, 0.29) is 5.91 Å². The monoisotopic (exact) mass is 289 g/mol. The van der Waals surface area contributed by atoms with Crippen LogP contribution in [0.5, 0.6) is 0 Å². The first-order valence-corrected chi connectivity index (χ1v) is 7.83. The lowest BCUT2D eigenvalue weighted by molar-refractivity contribution is -0.126. The van der Waals surface area contributed by atoms with Gasteiger partial charge in [-0.3, -0.25) is 9.69 Å². The molecule has 1 fully saturated rings. The number of hydrogen-bond donors (Lipinski definition) is 2. The summed E-state index contributed by atoms with van der Waals surface area (Å²) in [6.45, 7) is 7.88. The first kappa shape index (κ1) is 16.0. The molecule has 0 spiro atoms. The Labute approximate surface area is 127 Å². The third-order valence-electron chi connectivity index (χ3n) is 4.28. The van der Waals surface area contributed by atoms with Gasteiger partial charge < -0.3 is 11.1 Å². The molecule has 0 bridgehead atoms. The van der Waals surface area contributed by atoms with Crippen LogP contribution in [0.1, 0.15) is 32.3 Å². The molecular weight excluding hydrogens is 262 g/mol. The summed E-state index contributed by atoms with van der Waals surface area (Å²) in [6.07, 6.45) is 1.59. The molecule has 1 heterocycles. The van der Waals surface area contributed by atoms with Gasteiger partial charge in [0, 0.05) is 19.6 Å². The number of carbonyl (C=O) groups excluding carboxylic acids is 1. The maximum atomic E-state index is 11.9. The molecule has 2 rings (SSSR count). The van der Waals surface area contributed by atoms with Crippen LogP contribution in [0.4, 0.5) is 0 Å². The summed E-state index contributed by atoms with van der Waals surface area (Å²) in [6, 6.07) is 10.5. The van der Waals surface area contributed by atoms with E-state index in [1.54, 1.807) is 0 Å². The Morgan fingerprint density at radius 2 is 1.90 bits per heavy atom. The van der Waals surface area contributed by atoms with E-state index in [2.05, 4.69) is 48.3 Å². The molecule has 0 unspecified atom stereocenters. The maximum Gasteiger partial charge on any atom is 0.237 e. The van der Waals surface area contributed by atoms with Crippen molar-refractivity contribution < 1.29 is 4.79 Å². The third kappa shape index (κ3) is 4.29. The third-order valence-corrected chi connectivity index (χ3v) is 4.28. The van der Waals surface area contributed by atoms with Crippen molar-refractivity contribution in [1.82, 2.24) is 10.2 Å². The number of benzene rings is 1. The minimum absolute atomic E-state index is 0.206. The predicted octanol–water partition coefficient (Wildman–Crippen LogP) is 1.75. The van der Waals surface area contributed by atoms with Gasteiger partial charge in [0.1, 0.15) is 5.54 Å². The highest BCUT2D eigenvalue weighted by Gasteiger charge is 2.39. The molecular formula is C17H27N3O. The quantitative estimate of drug-likeness (QED) is 0.839. The molecule has 4 heteroatoms. The Hall–Kier alpha value is -1.39. The Kier molecular flexibility index (Phi) is 5.37. The fourth-order valence-electron chi connectivity index (χ4n) is 2.84. The van der Waals surface area contributed by atoms with Gasteiger partial charge in [-0.2, -0.15) is 0 Å². The number of nitrogens with one attached hydrogen (secondary N) is 1.